The minimum absolute atomic E-state index is 0.169. The summed E-state index contributed by atoms with van der Waals surface area (Å²) in [7, 11) is 1.35. The molecule has 1 amide bonds. The van der Waals surface area contributed by atoms with Gasteiger partial charge in [-0.05, 0) is 25.0 Å². The highest BCUT2D eigenvalue weighted by molar-refractivity contribution is 5.92. The van der Waals surface area contributed by atoms with Crippen molar-refractivity contribution in [2.75, 3.05) is 20.2 Å². The molecule has 1 saturated heterocycles. The Balaban J connectivity index is 1.93. The largest absolute Gasteiger partial charge is 0.465 e. The van der Waals surface area contributed by atoms with Crippen LogP contribution in [0.1, 0.15) is 41.6 Å². The van der Waals surface area contributed by atoms with Crippen LogP contribution in [0.15, 0.2) is 24.3 Å². The van der Waals surface area contributed by atoms with Crippen molar-refractivity contribution < 1.29 is 14.3 Å². The first kappa shape index (κ1) is 15.1. The number of hydrogen-bond acceptors (Lipinski definition) is 3. The molecule has 1 fully saturated rings. The van der Waals surface area contributed by atoms with Gasteiger partial charge in [0.2, 0.25) is 5.91 Å². The monoisotopic (exact) mass is 285 g/mol. The number of carbonyl (C=O) groups excluding carboxylic acids is 2. The van der Waals surface area contributed by atoms with Gasteiger partial charge in [0, 0.05) is 31.5 Å². The average molecular weight is 285 g/mol. The predicted molar refractivity (Wildman–Crippen MR) is 79.7 cm³/mol. The Morgan fingerprint density at radius 1 is 1.24 bits per heavy atom. The predicted octanol–water partition coefficient (Wildman–Crippen LogP) is 2.23. The van der Waals surface area contributed by atoms with Gasteiger partial charge in [-0.25, -0.2) is 4.79 Å². The molecule has 2 rings (SSSR count). The molecule has 0 bridgehead atoms. The molecule has 1 aromatic rings. The van der Waals surface area contributed by atoms with Crippen LogP contribution in [0.3, 0.4) is 0 Å². The highest BCUT2D eigenvalue weighted by Crippen LogP contribution is 2.10. The fraction of sp³-hybridized carbons (Fsp3) is 0.412. The van der Waals surface area contributed by atoms with E-state index in [1.807, 2.05) is 11.0 Å². The normalized spacial score (nSPS) is 13.5. The SMILES string of the molecule is COC(=O)c1ccccc1C#CCCC(=O)N1CCCC1. The van der Waals surface area contributed by atoms with Gasteiger partial charge in [0.1, 0.15) is 0 Å². The van der Waals surface area contributed by atoms with Crippen LogP contribution in [0.5, 0.6) is 0 Å². The van der Waals surface area contributed by atoms with E-state index in [2.05, 4.69) is 11.8 Å². The third-order valence-electron chi connectivity index (χ3n) is 3.48. The molecular formula is C17H19NO3. The summed E-state index contributed by atoms with van der Waals surface area (Å²) in [6, 6.07) is 7.06. The number of methoxy groups -OCH3 is 1. The summed E-state index contributed by atoms with van der Waals surface area (Å²) < 4.78 is 4.72. The highest BCUT2D eigenvalue weighted by Gasteiger charge is 2.16. The van der Waals surface area contributed by atoms with Crippen molar-refractivity contribution in [1.29, 1.82) is 0 Å². The molecule has 110 valence electrons. The zero-order valence-corrected chi connectivity index (χ0v) is 12.2. The van der Waals surface area contributed by atoms with E-state index in [4.69, 9.17) is 4.74 Å². The van der Waals surface area contributed by atoms with E-state index in [9.17, 15) is 9.59 Å². The van der Waals surface area contributed by atoms with Gasteiger partial charge in [-0.2, -0.15) is 0 Å². The maximum atomic E-state index is 11.9. The maximum Gasteiger partial charge on any atom is 0.339 e. The summed E-state index contributed by atoms with van der Waals surface area (Å²) in [5, 5.41) is 0. The Labute approximate surface area is 125 Å². The summed E-state index contributed by atoms with van der Waals surface area (Å²) in [4.78, 5) is 25.4. The smallest absolute Gasteiger partial charge is 0.339 e. The van der Waals surface area contributed by atoms with Crippen LogP contribution in [0.25, 0.3) is 0 Å². The number of nitrogens with zero attached hydrogens (tertiary/aromatic N) is 1. The number of rotatable bonds is 3. The second-order valence-corrected chi connectivity index (χ2v) is 4.93. The molecule has 0 aromatic heterocycles. The topological polar surface area (TPSA) is 46.6 Å². The zero-order valence-electron chi connectivity index (χ0n) is 12.2. The van der Waals surface area contributed by atoms with Crippen molar-refractivity contribution in [3.8, 4) is 11.8 Å². The molecule has 0 radical (unpaired) electrons. The van der Waals surface area contributed by atoms with E-state index in [-0.39, 0.29) is 5.91 Å². The third-order valence-corrected chi connectivity index (χ3v) is 3.48. The van der Waals surface area contributed by atoms with Crippen molar-refractivity contribution in [3.63, 3.8) is 0 Å². The summed E-state index contributed by atoms with van der Waals surface area (Å²) in [6.45, 7) is 1.74. The lowest BCUT2D eigenvalue weighted by Gasteiger charge is -2.13. The first-order valence-electron chi connectivity index (χ1n) is 7.16. The molecule has 4 nitrogen and oxygen atoms in total. The first-order valence-corrected chi connectivity index (χ1v) is 7.16. The Kier molecular flexibility index (Phi) is 5.39. The number of likely N-dealkylation sites (tertiary alicyclic amines) is 1. The third kappa shape index (κ3) is 4.09. The van der Waals surface area contributed by atoms with Crippen molar-refractivity contribution in [2.24, 2.45) is 0 Å². The minimum atomic E-state index is -0.395. The van der Waals surface area contributed by atoms with Crippen LogP contribution in [0.4, 0.5) is 0 Å². The summed E-state index contributed by atoms with van der Waals surface area (Å²) in [5.74, 6) is 5.70. The van der Waals surface area contributed by atoms with Crippen molar-refractivity contribution in [1.82, 2.24) is 4.90 Å². The Bertz CT molecular complexity index is 577. The molecule has 4 heteroatoms. The van der Waals surface area contributed by atoms with E-state index < -0.39 is 5.97 Å². The quantitative estimate of drug-likeness (QED) is 0.632. The molecule has 0 aliphatic carbocycles. The van der Waals surface area contributed by atoms with E-state index in [1.165, 1.54) is 7.11 Å². The van der Waals surface area contributed by atoms with Crippen LogP contribution in [0, 0.1) is 11.8 Å². The Morgan fingerprint density at radius 3 is 2.67 bits per heavy atom. The molecule has 1 aliphatic rings. The van der Waals surface area contributed by atoms with E-state index in [0.29, 0.717) is 24.0 Å². The van der Waals surface area contributed by atoms with Crippen LogP contribution in [-0.2, 0) is 9.53 Å². The average Bonchev–Trinajstić information content (AvgIpc) is 3.05. The van der Waals surface area contributed by atoms with Gasteiger partial charge in [0.05, 0.1) is 12.7 Å². The number of esters is 1. The van der Waals surface area contributed by atoms with Gasteiger partial charge in [0.25, 0.3) is 0 Å². The van der Waals surface area contributed by atoms with Gasteiger partial charge in [-0.3, -0.25) is 4.79 Å². The molecule has 1 aliphatic heterocycles. The number of hydrogen-bond donors (Lipinski definition) is 0. The van der Waals surface area contributed by atoms with Gasteiger partial charge in [-0.15, -0.1) is 0 Å². The van der Waals surface area contributed by atoms with Crippen LogP contribution < -0.4 is 0 Å². The molecule has 21 heavy (non-hydrogen) atoms. The zero-order chi connectivity index (χ0) is 15.1. The molecule has 0 spiro atoms. The maximum absolute atomic E-state index is 11.9. The standard InChI is InChI=1S/C17H19NO3/c1-21-17(20)15-10-4-2-8-14(15)9-3-5-11-16(19)18-12-6-7-13-18/h2,4,8,10H,5-7,11-13H2,1H3. The van der Waals surface area contributed by atoms with Crippen molar-refractivity contribution in [2.45, 2.75) is 25.7 Å². The van der Waals surface area contributed by atoms with Gasteiger partial charge in [-0.1, -0.05) is 24.0 Å². The summed E-state index contributed by atoms with van der Waals surface area (Å²) in [6.07, 6.45) is 3.14. The fourth-order valence-electron chi connectivity index (χ4n) is 2.33. The molecule has 0 atom stereocenters. The second-order valence-electron chi connectivity index (χ2n) is 4.93. The van der Waals surface area contributed by atoms with Crippen molar-refractivity contribution >= 4 is 11.9 Å². The number of benzene rings is 1. The summed E-state index contributed by atoms with van der Waals surface area (Å²) in [5.41, 5.74) is 1.09. The molecule has 0 N–H and O–H groups in total. The molecule has 0 saturated carbocycles. The summed E-state index contributed by atoms with van der Waals surface area (Å²) >= 11 is 0. The van der Waals surface area contributed by atoms with E-state index in [1.54, 1.807) is 18.2 Å². The van der Waals surface area contributed by atoms with Gasteiger partial charge < -0.3 is 9.64 Å². The number of ether oxygens (including phenoxy) is 1. The van der Waals surface area contributed by atoms with Crippen molar-refractivity contribution in [3.05, 3.63) is 35.4 Å². The second kappa shape index (κ2) is 7.49. The molecule has 1 aromatic carbocycles. The molecular weight excluding hydrogens is 266 g/mol. The number of carbonyl (C=O) groups is 2. The lowest BCUT2D eigenvalue weighted by molar-refractivity contribution is -0.129. The highest BCUT2D eigenvalue weighted by atomic mass is 16.5. The Morgan fingerprint density at radius 2 is 1.95 bits per heavy atom. The van der Waals surface area contributed by atoms with Crippen LogP contribution in [0.2, 0.25) is 0 Å². The fourth-order valence-corrected chi connectivity index (χ4v) is 2.33. The van der Waals surface area contributed by atoms with Crippen LogP contribution in [-0.4, -0.2) is 37.0 Å². The molecule has 1 heterocycles. The van der Waals surface area contributed by atoms with Gasteiger partial charge in [0.15, 0.2) is 0 Å². The van der Waals surface area contributed by atoms with Crippen LogP contribution >= 0.6 is 0 Å². The van der Waals surface area contributed by atoms with E-state index in [0.717, 1.165) is 25.9 Å². The first-order chi connectivity index (χ1) is 10.2. The minimum Gasteiger partial charge on any atom is -0.465 e. The molecule has 0 unspecified atom stereocenters. The van der Waals surface area contributed by atoms with Gasteiger partial charge >= 0.3 is 5.97 Å². The number of amides is 1. The lowest BCUT2D eigenvalue weighted by atomic mass is 10.1. The lowest BCUT2D eigenvalue weighted by Crippen LogP contribution is -2.27. The Hall–Kier alpha value is -2.28. The van der Waals surface area contributed by atoms with E-state index >= 15 is 0 Å².